The highest BCUT2D eigenvalue weighted by Crippen LogP contribution is 2.14. The summed E-state index contributed by atoms with van der Waals surface area (Å²) in [5, 5.41) is 12.7. The molecular weight excluding hydrogens is 474 g/mol. The standard InChI is InChI=1S/C29H57NO5S/c1-5-6-7-8-9-10-11-12-13-14-15-16-17-18-19-20-22-30-28(33)34-24-26(31)25-36-23-21-27(32)35-29(2,3)4/h26,31H,5-25H2,1-4H3,(H,30,33). The molecule has 1 amide bonds. The maximum absolute atomic E-state index is 11.7. The Bertz CT molecular complexity index is 524. The Morgan fingerprint density at radius 2 is 1.28 bits per heavy atom. The third kappa shape index (κ3) is 27.6. The molecule has 0 bridgehead atoms. The summed E-state index contributed by atoms with van der Waals surface area (Å²) >= 11 is 1.45. The van der Waals surface area contributed by atoms with Gasteiger partial charge in [0.05, 0.1) is 12.5 Å². The van der Waals surface area contributed by atoms with Crippen molar-refractivity contribution in [3.63, 3.8) is 0 Å². The molecule has 0 saturated heterocycles. The van der Waals surface area contributed by atoms with Crippen LogP contribution in [0.2, 0.25) is 0 Å². The van der Waals surface area contributed by atoms with E-state index < -0.39 is 17.8 Å². The second-order valence-corrected chi connectivity index (χ2v) is 12.0. The number of thioether (sulfide) groups is 1. The molecule has 0 aromatic heterocycles. The van der Waals surface area contributed by atoms with E-state index in [4.69, 9.17) is 9.47 Å². The molecule has 7 heteroatoms. The number of esters is 1. The van der Waals surface area contributed by atoms with E-state index in [0.29, 0.717) is 24.5 Å². The molecule has 2 N–H and O–H groups in total. The molecule has 0 aliphatic rings. The first kappa shape index (κ1) is 35.0. The zero-order chi connectivity index (χ0) is 26.9. The largest absolute Gasteiger partial charge is 0.460 e. The minimum Gasteiger partial charge on any atom is -0.460 e. The first-order valence-electron chi connectivity index (χ1n) is 14.6. The van der Waals surface area contributed by atoms with Crippen LogP contribution in [0.4, 0.5) is 4.79 Å². The lowest BCUT2D eigenvalue weighted by atomic mass is 10.0. The smallest absolute Gasteiger partial charge is 0.407 e. The van der Waals surface area contributed by atoms with Gasteiger partial charge in [0.1, 0.15) is 12.2 Å². The summed E-state index contributed by atoms with van der Waals surface area (Å²) in [5.41, 5.74) is -0.478. The lowest BCUT2D eigenvalue weighted by molar-refractivity contribution is -0.154. The van der Waals surface area contributed by atoms with Crippen molar-refractivity contribution in [1.29, 1.82) is 0 Å². The highest BCUT2D eigenvalue weighted by Gasteiger charge is 2.16. The summed E-state index contributed by atoms with van der Waals surface area (Å²) in [7, 11) is 0. The van der Waals surface area contributed by atoms with Gasteiger partial charge in [0.2, 0.25) is 0 Å². The average molecular weight is 532 g/mol. The van der Waals surface area contributed by atoms with Gasteiger partial charge in [-0.15, -0.1) is 0 Å². The molecule has 214 valence electrons. The summed E-state index contributed by atoms with van der Waals surface area (Å²) in [5.74, 6) is 0.737. The summed E-state index contributed by atoms with van der Waals surface area (Å²) in [6.45, 7) is 8.36. The third-order valence-corrected chi connectivity index (χ3v) is 7.00. The highest BCUT2D eigenvalue weighted by atomic mass is 32.2. The molecule has 0 spiro atoms. The SMILES string of the molecule is CCCCCCCCCCCCCCCCCCNC(=O)OCC(O)CSCCC(=O)OC(C)(C)C. The Kier molecular flexibility index (Phi) is 23.7. The summed E-state index contributed by atoms with van der Waals surface area (Å²) in [6.07, 6.45) is 20.3. The Balaban J connectivity index is 3.36. The number of carbonyl (C=O) groups excluding carboxylic acids is 2. The van der Waals surface area contributed by atoms with E-state index in [1.54, 1.807) is 0 Å². The second kappa shape index (κ2) is 24.4. The van der Waals surface area contributed by atoms with E-state index in [1.165, 1.54) is 102 Å². The fourth-order valence-electron chi connectivity index (χ4n) is 3.90. The Morgan fingerprint density at radius 3 is 1.75 bits per heavy atom. The number of aliphatic hydroxyl groups is 1. The fraction of sp³-hybridized carbons (Fsp3) is 0.931. The Hall–Kier alpha value is -0.950. The van der Waals surface area contributed by atoms with Crippen LogP contribution in [0.5, 0.6) is 0 Å². The van der Waals surface area contributed by atoms with Crippen LogP contribution in [-0.4, -0.2) is 53.5 Å². The summed E-state index contributed by atoms with van der Waals surface area (Å²) in [4.78, 5) is 23.4. The lowest BCUT2D eigenvalue weighted by Crippen LogP contribution is -2.29. The van der Waals surface area contributed by atoms with Gasteiger partial charge in [-0.25, -0.2) is 4.79 Å². The molecule has 0 rings (SSSR count). The van der Waals surface area contributed by atoms with E-state index in [1.807, 2.05) is 20.8 Å². The maximum atomic E-state index is 11.7. The number of unbranched alkanes of at least 4 members (excludes halogenated alkanes) is 15. The number of carbonyl (C=O) groups is 2. The van der Waals surface area contributed by atoms with E-state index >= 15 is 0 Å². The van der Waals surface area contributed by atoms with Gasteiger partial charge in [0.15, 0.2) is 0 Å². The number of amides is 1. The van der Waals surface area contributed by atoms with Gasteiger partial charge in [0, 0.05) is 18.1 Å². The molecule has 0 saturated carbocycles. The number of rotatable bonds is 24. The maximum Gasteiger partial charge on any atom is 0.407 e. The number of hydrogen-bond acceptors (Lipinski definition) is 6. The molecule has 0 aromatic carbocycles. The van der Waals surface area contributed by atoms with Gasteiger partial charge in [-0.3, -0.25) is 4.79 Å². The van der Waals surface area contributed by atoms with Crippen molar-refractivity contribution in [3.8, 4) is 0 Å². The molecular formula is C29H57NO5S. The van der Waals surface area contributed by atoms with Crippen LogP contribution in [0.1, 0.15) is 137 Å². The average Bonchev–Trinajstić information content (AvgIpc) is 2.81. The number of ether oxygens (including phenoxy) is 2. The fourth-order valence-corrected chi connectivity index (χ4v) is 4.75. The topological polar surface area (TPSA) is 84.9 Å². The molecule has 0 fully saturated rings. The van der Waals surface area contributed by atoms with Crippen molar-refractivity contribution in [2.45, 2.75) is 149 Å². The molecule has 1 atom stereocenters. The predicted octanol–water partition coefficient (Wildman–Crippen LogP) is 7.80. The zero-order valence-electron chi connectivity index (χ0n) is 23.9. The van der Waals surface area contributed by atoms with Gasteiger partial charge >= 0.3 is 12.1 Å². The summed E-state index contributed by atoms with van der Waals surface area (Å²) in [6, 6.07) is 0. The number of alkyl carbamates (subject to hydrolysis) is 1. The summed E-state index contributed by atoms with van der Waals surface area (Å²) < 4.78 is 10.3. The van der Waals surface area contributed by atoms with Gasteiger partial charge < -0.3 is 19.9 Å². The molecule has 6 nitrogen and oxygen atoms in total. The van der Waals surface area contributed by atoms with Crippen LogP contribution in [0.3, 0.4) is 0 Å². The van der Waals surface area contributed by atoms with Crippen molar-refractivity contribution in [2.75, 3.05) is 24.7 Å². The second-order valence-electron chi connectivity index (χ2n) is 10.9. The zero-order valence-corrected chi connectivity index (χ0v) is 24.7. The van der Waals surface area contributed by atoms with Crippen molar-refractivity contribution in [3.05, 3.63) is 0 Å². The third-order valence-electron chi connectivity index (χ3n) is 5.89. The monoisotopic (exact) mass is 531 g/mol. The first-order chi connectivity index (χ1) is 17.2. The van der Waals surface area contributed by atoms with Crippen LogP contribution >= 0.6 is 11.8 Å². The van der Waals surface area contributed by atoms with E-state index in [0.717, 1.165) is 12.8 Å². The molecule has 0 aliphatic carbocycles. The van der Waals surface area contributed by atoms with E-state index in [9.17, 15) is 14.7 Å². The predicted molar refractivity (Wildman–Crippen MR) is 153 cm³/mol. The van der Waals surface area contributed by atoms with Gasteiger partial charge in [-0.2, -0.15) is 11.8 Å². The number of aliphatic hydroxyl groups excluding tert-OH is 1. The van der Waals surface area contributed by atoms with Crippen LogP contribution < -0.4 is 5.32 Å². The lowest BCUT2D eigenvalue weighted by Gasteiger charge is -2.19. The molecule has 36 heavy (non-hydrogen) atoms. The molecule has 0 radical (unpaired) electrons. The van der Waals surface area contributed by atoms with Crippen LogP contribution in [0.25, 0.3) is 0 Å². The van der Waals surface area contributed by atoms with Gasteiger partial charge in [-0.05, 0) is 27.2 Å². The van der Waals surface area contributed by atoms with Crippen molar-refractivity contribution < 1.29 is 24.2 Å². The first-order valence-corrected chi connectivity index (χ1v) is 15.8. The Morgan fingerprint density at radius 1 is 0.806 bits per heavy atom. The van der Waals surface area contributed by atoms with Crippen molar-refractivity contribution in [2.24, 2.45) is 0 Å². The van der Waals surface area contributed by atoms with Crippen LogP contribution in [0.15, 0.2) is 0 Å². The molecule has 0 aliphatic heterocycles. The van der Waals surface area contributed by atoms with Crippen molar-refractivity contribution >= 4 is 23.8 Å². The Labute approximate surface area is 226 Å². The number of nitrogens with one attached hydrogen (secondary N) is 1. The van der Waals surface area contributed by atoms with Gasteiger partial charge in [-0.1, -0.05) is 103 Å². The number of hydrogen-bond donors (Lipinski definition) is 2. The van der Waals surface area contributed by atoms with E-state index in [-0.39, 0.29) is 12.6 Å². The van der Waals surface area contributed by atoms with Crippen LogP contribution in [0, 0.1) is 0 Å². The van der Waals surface area contributed by atoms with E-state index in [2.05, 4.69) is 12.2 Å². The quantitative estimate of drug-likeness (QED) is 0.0976. The minimum atomic E-state index is -0.741. The van der Waals surface area contributed by atoms with Crippen molar-refractivity contribution in [1.82, 2.24) is 5.32 Å². The molecule has 0 heterocycles. The highest BCUT2D eigenvalue weighted by molar-refractivity contribution is 7.99. The minimum absolute atomic E-state index is 0.0375. The molecule has 0 aromatic rings. The van der Waals surface area contributed by atoms with Crippen LogP contribution in [-0.2, 0) is 14.3 Å². The molecule has 1 unspecified atom stereocenters. The van der Waals surface area contributed by atoms with Gasteiger partial charge in [0.25, 0.3) is 0 Å². The normalized spacial score (nSPS) is 12.4.